The van der Waals surface area contributed by atoms with E-state index in [4.69, 9.17) is 0 Å². The van der Waals surface area contributed by atoms with Crippen molar-refractivity contribution in [3.63, 3.8) is 0 Å². The highest BCUT2D eigenvalue weighted by Crippen LogP contribution is 2.24. The topological polar surface area (TPSA) is 58.1 Å². The third-order valence-corrected chi connectivity index (χ3v) is 5.59. The first-order valence-electron chi connectivity index (χ1n) is 9.82. The summed E-state index contributed by atoms with van der Waals surface area (Å²) in [4.78, 5) is 23.7. The molecule has 1 saturated heterocycles. The van der Waals surface area contributed by atoms with Gasteiger partial charge >= 0.3 is 0 Å². The SMILES string of the molecule is O=C(NC1CCCC1)C1CCCN(c2ncc(-c3ccc(F)cc3)cn2)C1. The molecule has 1 N–H and O–H groups in total. The largest absolute Gasteiger partial charge is 0.353 e. The fraction of sp³-hybridized carbons (Fsp3) is 0.476. The highest BCUT2D eigenvalue weighted by molar-refractivity contribution is 5.79. The molecule has 0 radical (unpaired) electrons. The van der Waals surface area contributed by atoms with Crippen molar-refractivity contribution in [3.8, 4) is 11.1 Å². The molecule has 1 saturated carbocycles. The molecule has 6 heteroatoms. The van der Waals surface area contributed by atoms with Gasteiger partial charge in [0.15, 0.2) is 0 Å². The van der Waals surface area contributed by atoms with E-state index >= 15 is 0 Å². The van der Waals surface area contributed by atoms with Gasteiger partial charge in [-0.05, 0) is 43.4 Å². The van der Waals surface area contributed by atoms with E-state index in [2.05, 4.69) is 20.2 Å². The van der Waals surface area contributed by atoms with E-state index in [1.165, 1.54) is 25.0 Å². The highest BCUT2D eigenvalue weighted by atomic mass is 19.1. The summed E-state index contributed by atoms with van der Waals surface area (Å²) in [6.07, 6.45) is 10.1. The average Bonchev–Trinajstić information content (AvgIpc) is 3.22. The van der Waals surface area contributed by atoms with Crippen molar-refractivity contribution >= 4 is 11.9 Å². The Morgan fingerprint density at radius 2 is 1.70 bits per heavy atom. The van der Waals surface area contributed by atoms with Crippen molar-refractivity contribution in [2.75, 3.05) is 18.0 Å². The number of benzene rings is 1. The number of anilines is 1. The molecule has 2 aromatic rings. The zero-order valence-electron chi connectivity index (χ0n) is 15.4. The minimum atomic E-state index is -0.258. The molecule has 2 fully saturated rings. The van der Waals surface area contributed by atoms with Gasteiger partial charge in [0, 0.05) is 37.1 Å². The molecular formula is C21H25FN4O. The van der Waals surface area contributed by atoms with E-state index in [0.717, 1.165) is 43.4 Å². The number of rotatable bonds is 4. The average molecular weight is 368 g/mol. The van der Waals surface area contributed by atoms with E-state index in [9.17, 15) is 9.18 Å². The fourth-order valence-corrected chi connectivity index (χ4v) is 4.04. The Hall–Kier alpha value is -2.50. The van der Waals surface area contributed by atoms with E-state index < -0.39 is 0 Å². The number of hydrogen-bond donors (Lipinski definition) is 1. The lowest BCUT2D eigenvalue weighted by molar-refractivity contribution is -0.125. The molecule has 1 unspecified atom stereocenters. The molecule has 4 rings (SSSR count). The summed E-state index contributed by atoms with van der Waals surface area (Å²) >= 11 is 0. The van der Waals surface area contributed by atoms with Crippen molar-refractivity contribution in [1.82, 2.24) is 15.3 Å². The molecule has 0 bridgehead atoms. The smallest absolute Gasteiger partial charge is 0.225 e. The number of carbonyl (C=O) groups excluding carboxylic acids is 1. The minimum absolute atomic E-state index is 0.000255. The number of carbonyl (C=O) groups is 1. The van der Waals surface area contributed by atoms with Crippen LogP contribution in [0.3, 0.4) is 0 Å². The molecule has 1 aromatic heterocycles. The maximum atomic E-state index is 13.1. The molecule has 1 amide bonds. The Bertz CT molecular complexity index is 772. The summed E-state index contributed by atoms with van der Waals surface area (Å²) in [5.41, 5.74) is 1.74. The van der Waals surface area contributed by atoms with Crippen LogP contribution in [0.5, 0.6) is 0 Å². The van der Waals surface area contributed by atoms with Crippen LogP contribution in [0.15, 0.2) is 36.7 Å². The highest BCUT2D eigenvalue weighted by Gasteiger charge is 2.29. The van der Waals surface area contributed by atoms with Crippen LogP contribution < -0.4 is 10.2 Å². The van der Waals surface area contributed by atoms with Crippen molar-refractivity contribution in [1.29, 1.82) is 0 Å². The quantitative estimate of drug-likeness (QED) is 0.897. The Morgan fingerprint density at radius 3 is 2.41 bits per heavy atom. The number of piperidine rings is 1. The summed E-state index contributed by atoms with van der Waals surface area (Å²) in [5.74, 6) is 0.569. The van der Waals surface area contributed by atoms with E-state index in [1.807, 2.05) is 0 Å². The monoisotopic (exact) mass is 368 g/mol. The van der Waals surface area contributed by atoms with Gasteiger partial charge in [-0.2, -0.15) is 0 Å². The zero-order chi connectivity index (χ0) is 18.6. The molecule has 1 aromatic carbocycles. The van der Waals surface area contributed by atoms with Crippen LogP contribution in [0.2, 0.25) is 0 Å². The molecule has 1 atom stereocenters. The van der Waals surface area contributed by atoms with Gasteiger partial charge in [0.05, 0.1) is 5.92 Å². The van der Waals surface area contributed by atoms with E-state index in [1.54, 1.807) is 24.5 Å². The Balaban J connectivity index is 1.40. The molecule has 27 heavy (non-hydrogen) atoms. The van der Waals surface area contributed by atoms with Crippen molar-refractivity contribution < 1.29 is 9.18 Å². The predicted octanol–water partition coefficient (Wildman–Crippen LogP) is 3.56. The van der Waals surface area contributed by atoms with Crippen molar-refractivity contribution in [2.24, 2.45) is 5.92 Å². The second kappa shape index (κ2) is 8.03. The molecule has 1 aliphatic heterocycles. The normalized spacial score (nSPS) is 20.6. The standard InChI is InChI=1S/C21H25FN4O/c22-18-9-7-15(8-10-18)17-12-23-21(24-13-17)26-11-3-4-16(14-26)20(27)25-19-5-1-2-6-19/h7-10,12-13,16,19H,1-6,11,14H2,(H,25,27). The number of aromatic nitrogens is 2. The zero-order valence-corrected chi connectivity index (χ0v) is 15.4. The predicted molar refractivity (Wildman–Crippen MR) is 103 cm³/mol. The molecular weight excluding hydrogens is 343 g/mol. The Kier molecular flexibility index (Phi) is 5.32. The Morgan fingerprint density at radius 1 is 1.00 bits per heavy atom. The van der Waals surface area contributed by atoms with Gasteiger partial charge < -0.3 is 10.2 Å². The second-order valence-corrected chi connectivity index (χ2v) is 7.55. The van der Waals surface area contributed by atoms with Gasteiger partial charge in [0.25, 0.3) is 0 Å². The van der Waals surface area contributed by atoms with Gasteiger partial charge in [-0.15, -0.1) is 0 Å². The van der Waals surface area contributed by atoms with Gasteiger partial charge in [-0.3, -0.25) is 4.79 Å². The molecule has 142 valence electrons. The number of hydrogen-bond acceptors (Lipinski definition) is 4. The van der Waals surface area contributed by atoms with Crippen molar-refractivity contribution in [3.05, 3.63) is 42.5 Å². The third kappa shape index (κ3) is 4.26. The Labute approximate surface area is 159 Å². The second-order valence-electron chi connectivity index (χ2n) is 7.55. The minimum Gasteiger partial charge on any atom is -0.353 e. The van der Waals surface area contributed by atoms with Crippen LogP contribution in [0, 0.1) is 11.7 Å². The summed E-state index contributed by atoms with van der Waals surface area (Å²) in [6.45, 7) is 1.53. The van der Waals surface area contributed by atoms with Gasteiger partial charge in [0.2, 0.25) is 11.9 Å². The van der Waals surface area contributed by atoms with E-state index in [0.29, 0.717) is 18.5 Å². The molecule has 2 aliphatic rings. The van der Waals surface area contributed by atoms with Gasteiger partial charge in [-0.25, -0.2) is 14.4 Å². The fourth-order valence-electron chi connectivity index (χ4n) is 4.04. The summed E-state index contributed by atoms with van der Waals surface area (Å²) in [6, 6.07) is 6.66. The summed E-state index contributed by atoms with van der Waals surface area (Å²) in [5, 5.41) is 3.22. The lowest BCUT2D eigenvalue weighted by Crippen LogP contribution is -2.45. The van der Waals surface area contributed by atoms with Crippen LogP contribution in [-0.4, -0.2) is 35.0 Å². The maximum absolute atomic E-state index is 13.1. The number of halogens is 1. The molecule has 5 nitrogen and oxygen atoms in total. The van der Waals surface area contributed by atoms with Gasteiger partial charge in [-0.1, -0.05) is 25.0 Å². The summed E-state index contributed by atoms with van der Waals surface area (Å²) < 4.78 is 13.1. The van der Waals surface area contributed by atoms with Crippen molar-refractivity contribution in [2.45, 2.75) is 44.6 Å². The van der Waals surface area contributed by atoms with Crippen LogP contribution in [-0.2, 0) is 4.79 Å². The number of nitrogens with zero attached hydrogens (tertiary/aromatic N) is 3. The molecule has 1 aliphatic carbocycles. The first kappa shape index (κ1) is 17.9. The van der Waals surface area contributed by atoms with Crippen LogP contribution in [0.25, 0.3) is 11.1 Å². The lowest BCUT2D eigenvalue weighted by Gasteiger charge is -2.32. The van der Waals surface area contributed by atoms with Crippen LogP contribution >= 0.6 is 0 Å². The molecule has 0 spiro atoms. The summed E-state index contributed by atoms with van der Waals surface area (Å²) in [7, 11) is 0. The lowest BCUT2D eigenvalue weighted by atomic mass is 9.97. The third-order valence-electron chi connectivity index (χ3n) is 5.59. The number of amides is 1. The first-order chi connectivity index (χ1) is 13.2. The van der Waals surface area contributed by atoms with Crippen LogP contribution in [0.1, 0.15) is 38.5 Å². The molecule has 2 heterocycles. The van der Waals surface area contributed by atoms with Crippen LogP contribution in [0.4, 0.5) is 10.3 Å². The maximum Gasteiger partial charge on any atom is 0.225 e. The number of nitrogens with one attached hydrogen (secondary N) is 1. The first-order valence-corrected chi connectivity index (χ1v) is 9.82. The van der Waals surface area contributed by atoms with Gasteiger partial charge in [0.1, 0.15) is 5.82 Å². The van der Waals surface area contributed by atoms with E-state index in [-0.39, 0.29) is 17.6 Å².